The minimum atomic E-state index is -0.597. The molecule has 7 nitrogen and oxygen atoms in total. The Morgan fingerprint density at radius 3 is 2.31 bits per heavy atom. The van der Waals surface area contributed by atoms with E-state index in [1.165, 1.54) is 12.1 Å². The highest BCUT2D eigenvalue weighted by Gasteiger charge is 2.26. The van der Waals surface area contributed by atoms with Crippen molar-refractivity contribution < 1.29 is 4.92 Å². The van der Waals surface area contributed by atoms with E-state index >= 15 is 0 Å². The molecule has 1 atom stereocenters. The molecule has 0 radical (unpaired) electrons. The van der Waals surface area contributed by atoms with Crippen LogP contribution < -0.4 is 10.9 Å². The Balaban J connectivity index is 1.69. The molecule has 1 heterocycles. The molecule has 4 aromatic carbocycles. The van der Waals surface area contributed by atoms with E-state index in [9.17, 15) is 14.9 Å². The monoisotopic (exact) mass is 464 g/mol. The number of aromatic nitrogens is 2. The van der Waals surface area contributed by atoms with Crippen LogP contribution in [0.3, 0.4) is 0 Å². The largest absolute Gasteiger partial charge is 0.374 e. The van der Waals surface area contributed by atoms with Gasteiger partial charge in [0.05, 0.1) is 22.2 Å². The summed E-state index contributed by atoms with van der Waals surface area (Å²) in [7, 11) is 1.84. The molecule has 0 amide bonds. The average molecular weight is 465 g/mol. The summed E-state index contributed by atoms with van der Waals surface area (Å²) in [5.74, 6) is 0. The van der Waals surface area contributed by atoms with Crippen LogP contribution in [0.4, 0.5) is 11.4 Å². The van der Waals surface area contributed by atoms with Gasteiger partial charge in [-0.1, -0.05) is 60.7 Å². The second kappa shape index (κ2) is 8.95. The van der Waals surface area contributed by atoms with Gasteiger partial charge >= 0.3 is 0 Å². The average Bonchev–Trinajstić information content (AvgIpc) is 3.10. The number of anilines is 1. The Morgan fingerprint density at radius 2 is 1.57 bits per heavy atom. The van der Waals surface area contributed by atoms with Crippen LogP contribution in [0.15, 0.2) is 102 Å². The van der Waals surface area contributed by atoms with Crippen LogP contribution in [0.1, 0.15) is 22.9 Å². The van der Waals surface area contributed by atoms with Crippen LogP contribution in [-0.2, 0) is 7.05 Å². The first-order valence-electron chi connectivity index (χ1n) is 11.3. The predicted molar refractivity (Wildman–Crippen MR) is 138 cm³/mol. The summed E-state index contributed by atoms with van der Waals surface area (Å²) < 4.78 is 3.44. The fraction of sp³-hybridized carbons (Fsp3) is 0.107. The molecular weight excluding hydrogens is 440 g/mol. The second-order valence-electron chi connectivity index (χ2n) is 8.47. The molecule has 7 heteroatoms. The van der Waals surface area contributed by atoms with E-state index in [1.807, 2.05) is 97.5 Å². The van der Waals surface area contributed by atoms with Gasteiger partial charge < -0.3 is 5.32 Å². The number of non-ortho nitro benzene ring substituents is 1. The Morgan fingerprint density at radius 1 is 0.857 bits per heavy atom. The zero-order valence-electron chi connectivity index (χ0n) is 19.4. The molecule has 174 valence electrons. The maximum Gasteiger partial charge on any atom is 0.277 e. The minimum Gasteiger partial charge on any atom is -0.374 e. The summed E-state index contributed by atoms with van der Waals surface area (Å²) in [5.41, 5.74) is 3.30. The molecule has 0 aliphatic rings. The fourth-order valence-electron chi connectivity index (χ4n) is 4.51. The van der Waals surface area contributed by atoms with Crippen LogP contribution in [0.5, 0.6) is 0 Å². The standard InChI is InChI=1S/C28H24N4O3/c1-19-26(28(33)31(30(19)2)24-12-4-3-5-13-24)27(22-11-8-14-25(18-22)32(34)35)29-23-16-15-20-9-6-7-10-21(20)17-23/h3-18,27,29H,1-2H3. The van der Waals surface area contributed by atoms with Gasteiger partial charge in [-0.05, 0) is 47.5 Å². The molecule has 5 aromatic rings. The quantitative estimate of drug-likeness (QED) is 0.256. The summed E-state index contributed by atoms with van der Waals surface area (Å²) in [4.78, 5) is 24.9. The van der Waals surface area contributed by atoms with Gasteiger partial charge in [0.15, 0.2) is 0 Å². The lowest BCUT2D eigenvalue weighted by Crippen LogP contribution is -2.25. The zero-order valence-corrected chi connectivity index (χ0v) is 19.4. The van der Waals surface area contributed by atoms with Crippen LogP contribution in [0, 0.1) is 17.0 Å². The molecule has 35 heavy (non-hydrogen) atoms. The molecule has 0 saturated carbocycles. The lowest BCUT2D eigenvalue weighted by molar-refractivity contribution is -0.384. The molecule has 0 spiro atoms. The van der Waals surface area contributed by atoms with Crippen LogP contribution in [-0.4, -0.2) is 14.3 Å². The third-order valence-electron chi connectivity index (χ3n) is 6.36. The van der Waals surface area contributed by atoms with Gasteiger partial charge in [0.25, 0.3) is 11.2 Å². The zero-order chi connectivity index (χ0) is 24.5. The number of para-hydroxylation sites is 1. The Hall–Kier alpha value is -4.65. The van der Waals surface area contributed by atoms with Crippen molar-refractivity contribution in [3.8, 4) is 5.69 Å². The number of nitrogens with one attached hydrogen (secondary N) is 1. The molecule has 0 fully saturated rings. The third-order valence-corrected chi connectivity index (χ3v) is 6.36. The second-order valence-corrected chi connectivity index (χ2v) is 8.47. The molecule has 0 aliphatic heterocycles. The Kier molecular flexibility index (Phi) is 5.66. The summed E-state index contributed by atoms with van der Waals surface area (Å²) >= 11 is 0. The molecule has 5 rings (SSSR count). The summed E-state index contributed by atoms with van der Waals surface area (Å²) in [5, 5.41) is 17.2. The number of hydrogen-bond acceptors (Lipinski definition) is 4. The lowest BCUT2D eigenvalue weighted by atomic mass is 9.97. The van der Waals surface area contributed by atoms with Crippen molar-refractivity contribution >= 4 is 22.1 Å². The third kappa shape index (κ3) is 4.08. The first-order valence-corrected chi connectivity index (χ1v) is 11.3. The number of nitrogens with zero attached hydrogens (tertiary/aromatic N) is 3. The Labute approximate surface area is 202 Å². The lowest BCUT2D eigenvalue weighted by Gasteiger charge is -2.20. The molecule has 1 unspecified atom stereocenters. The summed E-state index contributed by atoms with van der Waals surface area (Å²) in [6.07, 6.45) is 0. The van der Waals surface area contributed by atoms with Crippen molar-refractivity contribution in [1.82, 2.24) is 9.36 Å². The van der Waals surface area contributed by atoms with Crippen molar-refractivity contribution in [1.29, 1.82) is 0 Å². The maximum absolute atomic E-state index is 13.8. The van der Waals surface area contributed by atoms with Crippen LogP contribution in [0.2, 0.25) is 0 Å². The van der Waals surface area contributed by atoms with E-state index in [4.69, 9.17) is 0 Å². The number of rotatable bonds is 6. The minimum absolute atomic E-state index is 0.0234. The van der Waals surface area contributed by atoms with Gasteiger partial charge in [-0.15, -0.1) is 0 Å². The molecule has 0 bridgehead atoms. The van der Waals surface area contributed by atoms with E-state index in [1.54, 1.807) is 10.7 Å². The van der Waals surface area contributed by atoms with Crippen molar-refractivity contribution in [2.24, 2.45) is 7.05 Å². The highest BCUT2D eigenvalue weighted by molar-refractivity contribution is 5.85. The summed E-state index contributed by atoms with van der Waals surface area (Å²) in [6.45, 7) is 1.89. The van der Waals surface area contributed by atoms with E-state index in [-0.39, 0.29) is 11.2 Å². The number of nitro groups is 1. The molecule has 1 N–H and O–H groups in total. The predicted octanol–water partition coefficient (Wildman–Crippen LogP) is 5.75. The number of nitro benzene ring substituents is 1. The van der Waals surface area contributed by atoms with E-state index < -0.39 is 11.0 Å². The van der Waals surface area contributed by atoms with E-state index in [0.29, 0.717) is 11.1 Å². The number of hydrogen-bond donors (Lipinski definition) is 1. The topological polar surface area (TPSA) is 82.1 Å². The SMILES string of the molecule is Cc1c(C(Nc2ccc3ccccc3c2)c2cccc([N+](=O)[O-])c2)c(=O)n(-c2ccccc2)n1C. The first-order chi connectivity index (χ1) is 16.9. The smallest absolute Gasteiger partial charge is 0.277 e. The highest BCUT2D eigenvalue weighted by Crippen LogP contribution is 2.31. The van der Waals surface area contributed by atoms with Gasteiger partial charge in [0, 0.05) is 30.6 Å². The summed E-state index contributed by atoms with van der Waals surface area (Å²) in [6, 6.07) is 29.3. The molecular formula is C28H24N4O3. The number of fused-ring (bicyclic) bond motifs is 1. The van der Waals surface area contributed by atoms with Crippen molar-refractivity contribution in [3.63, 3.8) is 0 Å². The van der Waals surface area contributed by atoms with Crippen molar-refractivity contribution in [2.75, 3.05) is 5.32 Å². The number of benzene rings is 4. The molecule has 1 aromatic heterocycles. The van der Waals surface area contributed by atoms with Crippen molar-refractivity contribution in [2.45, 2.75) is 13.0 Å². The van der Waals surface area contributed by atoms with Gasteiger partial charge in [0.2, 0.25) is 0 Å². The van der Waals surface area contributed by atoms with Crippen molar-refractivity contribution in [3.05, 3.63) is 134 Å². The normalized spacial score (nSPS) is 11.9. The first kappa shape index (κ1) is 22.2. The molecule has 0 saturated heterocycles. The highest BCUT2D eigenvalue weighted by atomic mass is 16.6. The maximum atomic E-state index is 13.8. The van der Waals surface area contributed by atoms with Crippen LogP contribution >= 0.6 is 0 Å². The van der Waals surface area contributed by atoms with Gasteiger partial charge in [-0.3, -0.25) is 19.6 Å². The van der Waals surface area contributed by atoms with Crippen LogP contribution in [0.25, 0.3) is 16.5 Å². The fourth-order valence-corrected chi connectivity index (χ4v) is 4.51. The van der Waals surface area contributed by atoms with E-state index in [0.717, 1.165) is 27.8 Å². The Bertz CT molecular complexity index is 1600. The van der Waals surface area contributed by atoms with Gasteiger partial charge in [-0.25, -0.2) is 4.68 Å². The van der Waals surface area contributed by atoms with Gasteiger partial charge in [-0.2, -0.15) is 0 Å². The van der Waals surface area contributed by atoms with E-state index in [2.05, 4.69) is 5.32 Å². The van der Waals surface area contributed by atoms with Gasteiger partial charge in [0.1, 0.15) is 0 Å². The molecule has 0 aliphatic carbocycles.